The predicted molar refractivity (Wildman–Crippen MR) is 78.8 cm³/mol. The largest absolute Gasteiger partial charge is 0.393 e. The van der Waals surface area contributed by atoms with E-state index >= 15 is 0 Å². The molecule has 1 fully saturated rings. The maximum Gasteiger partial charge on any atom is 0.357 e. The molecule has 7 heteroatoms. The Hall–Kier alpha value is 0.420. The van der Waals surface area contributed by atoms with Gasteiger partial charge in [0.15, 0.2) is 4.61 Å². The van der Waals surface area contributed by atoms with E-state index in [1.807, 2.05) is 0 Å². The molecule has 0 aromatic carbocycles. The Kier molecular flexibility index (Phi) is 5.94. The number of hydrogen-bond acceptors (Lipinski definition) is 4. The molecule has 5 nitrogen and oxygen atoms in total. The van der Waals surface area contributed by atoms with Crippen LogP contribution in [0.4, 0.5) is 0 Å². The fourth-order valence-electron chi connectivity index (χ4n) is 2.71. The van der Waals surface area contributed by atoms with Crippen molar-refractivity contribution in [3.8, 4) is 0 Å². The molecule has 0 spiro atoms. The van der Waals surface area contributed by atoms with E-state index in [0.717, 1.165) is 31.0 Å². The van der Waals surface area contributed by atoms with Crippen LogP contribution in [0.1, 0.15) is 40.0 Å². The Bertz CT molecular complexity index is 349. The Balaban J connectivity index is 2.89. The van der Waals surface area contributed by atoms with E-state index in [0.29, 0.717) is 17.8 Å². The zero-order chi connectivity index (χ0) is 14.8. The Morgan fingerprint density at radius 1 is 1.42 bits per heavy atom. The second-order valence-electron chi connectivity index (χ2n) is 6.03. The van der Waals surface area contributed by atoms with Gasteiger partial charge in [0.2, 0.25) is 0 Å². The predicted octanol–water partition coefficient (Wildman–Crippen LogP) is 1.96. The summed E-state index contributed by atoms with van der Waals surface area (Å²) in [5.41, 5.74) is 5.76. The van der Waals surface area contributed by atoms with E-state index in [1.165, 1.54) is 0 Å². The molecule has 114 valence electrons. The van der Waals surface area contributed by atoms with E-state index in [-0.39, 0.29) is 5.25 Å². The average molecular weight is 311 g/mol. The number of hydrogen-bond donors (Lipinski definition) is 4. The summed E-state index contributed by atoms with van der Waals surface area (Å²) in [6.07, 6.45) is 3.10. The monoisotopic (exact) mass is 311 g/mol. The molecule has 0 aromatic heterocycles. The van der Waals surface area contributed by atoms with Crippen LogP contribution in [0.5, 0.6) is 0 Å². The van der Waals surface area contributed by atoms with Gasteiger partial charge in [-0.2, -0.15) is 0 Å². The van der Waals surface area contributed by atoms with E-state index in [2.05, 4.69) is 20.8 Å². The highest BCUT2D eigenvalue weighted by Gasteiger charge is 2.47. The van der Waals surface area contributed by atoms with Crippen LogP contribution in [-0.4, -0.2) is 31.4 Å². The van der Waals surface area contributed by atoms with Gasteiger partial charge in [0, 0.05) is 5.25 Å². The molecule has 0 radical (unpaired) electrons. The lowest BCUT2D eigenvalue weighted by atomic mass is 9.77. The third-order valence-corrected chi connectivity index (χ3v) is 7.58. The summed E-state index contributed by atoms with van der Waals surface area (Å²) in [4.78, 5) is 18.7. The van der Waals surface area contributed by atoms with Crippen LogP contribution in [0.15, 0.2) is 0 Å². The maximum atomic E-state index is 11.5. The minimum Gasteiger partial charge on any atom is -0.393 e. The van der Waals surface area contributed by atoms with Crippen molar-refractivity contribution in [2.45, 2.75) is 49.9 Å². The third-order valence-electron chi connectivity index (χ3n) is 4.04. The van der Waals surface area contributed by atoms with Gasteiger partial charge in [-0.1, -0.05) is 27.2 Å². The zero-order valence-electron chi connectivity index (χ0n) is 11.8. The standard InChI is InChI=1S/C12H26NO4PS/c1-8(2)10-5-4-9(3)6-11(10)19-12(13,7-14)18(15,16)17/h8-11,14H,4-7,13H2,1-3H3,(H2,15,16,17). The molecule has 19 heavy (non-hydrogen) atoms. The van der Waals surface area contributed by atoms with Crippen LogP contribution >= 0.6 is 19.4 Å². The van der Waals surface area contributed by atoms with Gasteiger partial charge in [-0.15, -0.1) is 11.8 Å². The fourth-order valence-corrected chi connectivity index (χ4v) is 5.50. The number of rotatable bonds is 5. The topological polar surface area (TPSA) is 104 Å². The van der Waals surface area contributed by atoms with Crippen LogP contribution in [0.25, 0.3) is 0 Å². The van der Waals surface area contributed by atoms with Gasteiger partial charge in [-0.3, -0.25) is 4.57 Å². The van der Waals surface area contributed by atoms with Crippen LogP contribution in [-0.2, 0) is 4.57 Å². The molecule has 4 unspecified atom stereocenters. The number of thioether (sulfide) groups is 1. The molecule has 1 aliphatic rings. The molecular formula is C12H26NO4PS. The van der Waals surface area contributed by atoms with Crippen molar-refractivity contribution in [3.05, 3.63) is 0 Å². The summed E-state index contributed by atoms with van der Waals surface area (Å²) >= 11 is 1.08. The second kappa shape index (κ2) is 6.46. The van der Waals surface area contributed by atoms with Gasteiger partial charge in [-0.25, -0.2) is 0 Å². The Labute approximate surface area is 119 Å². The minimum atomic E-state index is -4.54. The first-order chi connectivity index (χ1) is 8.60. The minimum absolute atomic E-state index is 0.0912. The van der Waals surface area contributed by atoms with Crippen LogP contribution < -0.4 is 5.73 Å². The van der Waals surface area contributed by atoms with Crippen molar-refractivity contribution in [2.75, 3.05) is 6.61 Å². The molecule has 1 saturated carbocycles. The van der Waals surface area contributed by atoms with Gasteiger partial charge < -0.3 is 20.6 Å². The molecule has 4 atom stereocenters. The Morgan fingerprint density at radius 2 is 2.00 bits per heavy atom. The fraction of sp³-hybridized carbons (Fsp3) is 1.00. The van der Waals surface area contributed by atoms with Crippen molar-refractivity contribution in [1.29, 1.82) is 0 Å². The lowest BCUT2D eigenvalue weighted by molar-refractivity contribution is 0.234. The lowest BCUT2D eigenvalue weighted by Gasteiger charge is -2.41. The highest BCUT2D eigenvalue weighted by atomic mass is 32.2. The van der Waals surface area contributed by atoms with Crippen molar-refractivity contribution in [1.82, 2.24) is 0 Å². The number of nitrogens with two attached hydrogens (primary N) is 1. The molecule has 0 heterocycles. The van der Waals surface area contributed by atoms with Gasteiger partial charge in [-0.05, 0) is 30.6 Å². The molecule has 1 rings (SSSR count). The Morgan fingerprint density at radius 3 is 2.42 bits per heavy atom. The molecule has 0 amide bonds. The van der Waals surface area contributed by atoms with E-state index in [4.69, 9.17) is 5.73 Å². The number of aliphatic hydroxyl groups excluding tert-OH is 1. The summed E-state index contributed by atoms with van der Waals surface area (Å²) in [6, 6.07) is 0. The molecular weight excluding hydrogens is 285 g/mol. The third kappa shape index (κ3) is 4.19. The summed E-state index contributed by atoms with van der Waals surface area (Å²) < 4.78 is 9.63. The summed E-state index contributed by atoms with van der Waals surface area (Å²) in [7, 11) is -4.54. The van der Waals surface area contributed by atoms with Crippen molar-refractivity contribution in [3.63, 3.8) is 0 Å². The normalized spacial score (nSPS) is 32.3. The van der Waals surface area contributed by atoms with Crippen molar-refractivity contribution in [2.24, 2.45) is 23.5 Å². The van der Waals surface area contributed by atoms with E-state index < -0.39 is 18.8 Å². The highest BCUT2D eigenvalue weighted by molar-refractivity contribution is 8.06. The first-order valence-electron chi connectivity index (χ1n) is 6.74. The SMILES string of the molecule is CC1CCC(C(C)C)C(SC(N)(CO)P(=O)(O)O)C1. The summed E-state index contributed by atoms with van der Waals surface area (Å²) in [5, 5.41) is 9.40. The van der Waals surface area contributed by atoms with Crippen molar-refractivity contribution >= 4 is 19.4 Å². The first-order valence-corrected chi connectivity index (χ1v) is 9.23. The number of aliphatic hydroxyl groups is 1. The molecule has 0 saturated heterocycles. The molecule has 0 aromatic rings. The molecule has 1 aliphatic carbocycles. The molecule has 5 N–H and O–H groups in total. The van der Waals surface area contributed by atoms with E-state index in [9.17, 15) is 19.5 Å². The van der Waals surface area contributed by atoms with Crippen LogP contribution in [0, 0.1) is 17.8 Å². The van der Waals surface area contributed by atoms with Gasteiger partial charge >= 0.3 is 7.60 Å². The average Bonchev–Trinajstić information content (AvgIpc) is 2.26. The smallest absolute Gasteiger partial charge is 0.357 e. The van der Waals surface area contributed by atoms with Gasteiger partial charge in [0.05, 0.1) is 6.61 Å². The highest BCUT2D eigenvalue weighted by Crippen LogP contribution is 2.57. The van der Waals surface area contributed by atoms with Gasteiger partial charge in [0.25, 0.3) is 0 Å². The molecule has 0 bridgehead atoms. The first kappa shape index (κ1) is 17.5. The maximum absolute atomic E-state index is 11.5. The van der Waals surface area contributed by atoms with E-state index in [1.54, 1.807) is 0 Å². The summed E-state index contributed by atoms with van der Waals surface area (Å²) in [6.45, 7) is 5.70. The van der Waals surface area contributed by atoms with Crippen molar-refractivity contribution < 1.29 is 19.5 Å². The quantitative estimate of drug-likeness (QED) is 0.457. The second-order valence-corrected chi connectivity index (χ2v) is 9.79. The van der Waals surface area contributed by atoms with Crippen LogP contribution in [0.2, 0.25) is 0 Å². The molecule has 0 aliphatic heterocycles. The lowest BCUT2D eigenvalue weighted by Crippen LogP contribution is -2.44. The van der Waals surface area contributed by atoms with Crippen LogP contribution in [0.3, 0.4) is 0 Å². The van der Waals surface area contributed by atoms with Gasteiger partial charge in [0.1, 0.15) is 0 Å². The summed E-state index contributed by atoms with van der Waals surface area (Å²) in [5.74, 6) is 1.37. The zero-order valence-corrected chi connectivity index (χ0v) is 13.5.